The van der Waals surface area contributed by atoms with Gasteiger partial charge in [0, 0.05) is 0 Å². The minimum absolute atomic E-state index is 0.235. The molecule has 0 bridgehead atoms. The average molecular weight is 283 g/mol. The van der Waals surface area contributed by atoms with Crippen LogP contribution in [0.1, 0.15) is 65.7 Å². The zero-order valence-corrected chi connectivity index (χ0v) is 13.0. The molecule has 0 aliphatic carbocycles. The van der Waals surface area contributed by atoms with Crippen LogP contribution in [-0.2, 0) is 9.59 Å². The van der Waals surface area contributed by atoms with Crippen LogP contribution < -0.4 is 5.32 Å². The lowest BCUT2D eigenvalue weighted by atomic mass is 10.0. The summed E-state index contributed by atoms with van der Waals surface area (Å²) in [5.74, 6) is -1.05. The average Bonchev–Trinajstić information content (AvgIpc) is 2.36. The summed E-state index contributed by atoms with van der Waals surface area (Å²) in [6, 6.07) is -0.795. The Bertz CT molecular complexity index is 311. The van der Waals surface area contributed by atoms with E-state index in [1.54, 1.807) is 0 Å². The van der Waals surface area contributed by atoms with E-state index in [0.29, 0.717) is 6.42 Å². The molecule has 2 N–H and O–H groups in total. The van der Waals surface area contributed by atoms with Gasteiger partial charge in [-0.25, -0.2) is 4.79 Å². The number of hydrogen-bond donors (Lipinski definition) is 2. The highest BCUT2D eigenvalue weighted by molar-refractivity contribution is 5.91. The van der Waals surface area contributed by atoms with Crippen LogP contribution in [0.4, 0.5) is 0 Å². The highest BCUT2D eigenvalue weighted by atomic mass is 16.4. The molecule has 1 atom stereocenters. The summed E-state index contributed by atoms with van der Waals surface area (Å²) in [6.07, 6.45) is 10.6. The van der Waals surface area contributed by atoms with Crippen molar-refractivity contribution in [1.29, 1.82) is 0 Å². The Morgan fingerprint density at radius 1 is 1.15 bits per heavy atom. The number of carbonyl (C=O) groups excluding carboxylic acids is 1. The van der Waals surface area contributed by atoms with Crippen LogP contribution in [0.15, 0.2) is 12.2 Å². The van der Waals surface area contributed by atoms with Crippen molar-refractivity contribution in [3.8, 4) is 0 Å². The summed E-state index contributed by atoms with van der Waals surface area (Å²) in [6.45, 7) is 6.06. The van der Waals surface area contributed by atoms with E-state index in [2.05, 4.69) is 12.2 Å². The Balaban J connectivity index is 3.91. The van der Waals surface area contributed by atoms with Gasteiger partial charge in [0.15, 0.2) is 0 Å². The molecule has 0 fully saturated rings. The number of hydrogen-bond acceptors (Lipinski definition) is 2. The summed E-state index contributed by atoms with van der Waals surface area (Å²) in [4.78, 5) is 22.6. The smallest absolute Gasteiger partial charge is 0.326 e. The highest BCUT2D eigenvalue weighted by Crippen LogP contribution is 2.06. The van der Waals surface area contributed by atoms with Gasteiger partial charge in [0.1, 0.15) is 6.04 Å². The molecule has 0 aromatic carbocycles. The third-order valence-corrected chi connectivity index (χ3v) is 3.07. The maximum Gasteiger partial charge on any atom is 0.326 e. The van der Waals surface area contributed by atoms with E-state index in [-0.39, 0.29) is 11.8 Å². The van der Waals surface area contributed by atoms with Gasteiger partial charge in [0.2, 0.25) is 5.91 Å². The predicted molar refractivity (Wildman–Crippen MR) is 81.5 cm³/mol. The molecular weight excluding hydrogens is 254 g/mol. The topological polar surface area (TPSA) is 66.4 Å². The Morgan fingerprint density at radius 2 is 1.80 bits per heavy atom. The molecule has 0 saturated carbocycles. The first-order valence-electron chi connectivity index (χ1n) is 7.67. The van der Waals surface area contributed by atoms with Gasteiger partial charge < -0.3 is 10.4 Å². The van der Waals surface area contributed by atoms with Crippen molar-refractivity contribution >= 4 is 11.9 Å². The second-order valence-corrected chi connectivity index (χ2v) is 5.63. The van der Waals surface area contributed by atoms with Crippen LogP contribution in [0, 0.1) is 5.92 Å². The van der Waals surface area contributed by atoms with Crippen LogP contribution in [0.25, 0.3) is 0 Å². The molecule has 4 heteroatoms. The summed E-state index contributed by atoms with van der Waals surface area (Å²) < 4.78 is 0. The van der Waals surface area contributed by atoms with Crippen molar-refractivity contribution in [2.24, 2.45) is 5.92 Å². The summed E-state index contributed by atoms with van der Waals surface area (Å²) in [7, 11) is 0. The third kappa shape index (κ3) is 10.6. The summed E-state index contributed by atoms with van der Waals surface area (Å²) >= 11 is 0. The van der Waals surface area contributed by atoms with Crippen LogP contribution in [-0.4, -0.2) is 23.0 Å². The Kier molecular flexibility index (Phi) is 10.7. The molecule has 20 heavy (non-hydrogen) atoms. The standard InChI is InChI=1S/C16H29NO3/c1-4-5-6-7-8-9-10-11-15(18)17-14(16(19)20)12-13(2)3/h10-11,13-14H,4-9,12H2,1-3H3,(H,17,18)(H,19,20)/b11-10+. The normalized spacial score (nSPS) is 12.8. The molecule has 1 unspecified atom stereocenters. The first-order valence-corrected chi connectivity index (χ1v) is 7.67. The highest BCUT2D eigenvalue weighted by Gasteiger charge is 2.19. The molecule has 0 aliphatic rings. The minimum atomic E-state index is -0.972. The molecule has 0 aliphatic heterocycles. The number of aliphatic carboxylic acids is 1. The maximum absolute atomic E-state index is 11.6. The van der Waals surface area contributed by atoms with Gasteiger partial charge in [0.05, 0.1) is 0 Å². The van der Waals surface area contributed by atoms with Gasteiger partial charge in [0.25, 0.3) is 0 Å². The van der Waals surface area contributed by atoms with Gasteiger partial charge in [-0.15, -0.1) is 0 Å². The molecule has 1 amide bonds. The van der Waals surface area contributed by atoms with Crippen LogP contribution in [0.5, 0.6) is 0 Å². The number of carboxylic acids is 1. The molecule has 0 saturated heterocycles. The molecule has 0 aromatic heterocycles. The van der Waals surface area contributed by atoms with E-state index in [4.69, 9.17) is 5.11 Å². The van der Waals surface area contributed by atoms with Gasteiger partial charge in [-0.05, 0) is 31.3 Å². The fourth-order valence-electron chi connectivity index (χ4n) is 1.97. The SMILES string of the molecule is CCCCCCC/C=C/C(=O)NC(CC(C)C)C(=O)O. The molecule has 0 rings (SSSR count). The van der Waals surface area contributed by atoms with E-state index in [1.165, 1.54) is 31.8 Å². The molecule has 0 heterocycles. The lowest BCUT2D eigenvalue weighted by Gasteiger charge is -2.15. The van der Waals surface area contributed by atoms with E-state index < -0.39 is 12.0 Å². The van der Waals surface area contributed by atoms with Crippen molar-refractivity contribution in [2.75, 3.05) is 0 Å². The monoisotopic (exact) mass is 283 g/mol. The Labute approximate surface area is 122 Å². The number of allylic oxidation sites excluding steroid dienone is 1. The maximum atomic E-state index is 11.6. The summed E-state index contributed by atoms with van der Waals surface area (Å²) in [5, 5.41) is 11.6. The zero-order chi connectivity index (χ0) is 15.4. The van der Waals surface area contributed by atoms with Gasteiger partial charge in [-0.1, -0.05) is 52.5 Å². The fourth-order valence-corrected chi connectivity index (χ4v) is 1.97. The van der Waals surface area contributed by atoms with Crippen LogP contribution in [0.3, 0.4) is 0 Å². The number of carbonyl (C=O) groups is 2. The molecule has 0 spiro atoms. The molecular formula is C16H29NO3. The fraction of sp³-hybridized carbons (Fsp3) is 0.750. The van der Waals surface area contributed by atoms with E-state index in [0.717, 1.165) is 12.8 Å². The van der Waals surface area contributed by atoms with E-state index >= 15 is 0 Å². The second-order valence-electron chi connectivity index (χ2n) is 5.63. The number of amides is 1. The van der Waals surface area contributed by atoms with Crippen molar-refractivity contribution in [3.05, 3.63) is 12.2 Å². The minimum Gasteiger partial charge on any atom is -0.480 e. The van der Waals surface area contributed by atoms with Gasteiger partial charge in [-0.3, -0.25) is 4.79 Å². The first-order chi connectivity index (χ1) is 9.47. The van der Waals surface area contributed by atoms with Crippen molar-refractivity contribution in [3.63, 3.8) is 0 Å². The van der Waals surface area contributed by atoms with Crippen molar-refractivity contribution in [2.45, 2.75) is 71.8 Å². The van der Waals surface area contributed by atoms with Crippen LogP contribution >= 0.6 is 0 Å². The van der Waals surface area contributed by atoms with Crippen LogP contribution in [0.2, 0.25) is 0 Å². The van der Waals surface area contributed by atoms with E-state index in [9.17, 15) is 9.59 Å². The number of unbranched alkanes of at least 4 members (excludes halogenated alkanes) is 5. The lowest BCUT2D eigenvalue weighted by Crippen LogP contribution is -2.40. The van der Waals surface area contributed by atoms with E-state index in [1.807, 2.05) is 19.9 Å². The third-order valence-electron chi connectivity index (χ3n) is 3.07. The largest absolute Gasteiger partial charge is 0.480 e. The number of carboxylic acid groups (broad SMARTS) is 1. The Hall–Kier alpha value is -1.32. The van der Waals surface area contributed by atoms with Crippen molar-refractivity contribution in [1.82, 2.24) is 5.32 Å². The number of nitrogens with one attached hydrogen (secondary N) is 1. The predicted octanol–water partition coefficient (Wildman–Crippen LogP) is 3.52. The first kappa shape index (κ1) is 18.7. The zero-order valence-electron chi connectivity index (χ0n) is 13.0. The van der Waals surface area contributed by atoms with Gasteiger partial charge >= 0.3 is 5.97 Å². The Morgan fingerprint density at radius 3 is 2.35 bits per heavy atom. The lowest BCUT2D eigenvalue weighted by molar-refractivity contribution is -0.141. The quantitative estimate of drug-likeness (QED) is 0.450. The molecule has 0 radical (unpaired) electrons. The molecule has 0 aromatic rings. The molecule has 4 nitrogen and oxygen atoms in total. The van der Waals surface area contributed by atoms with Crippen molar-refractivity contribution < 1.29 is 14.7 Å². The second kappa shape index (κ2) is 11.5. The number of rotatable bonds is 11. The summed E-state index contributed by atoms with van der Waals surface area (Å²) in [5.41, 5.74) is 0. The molecule has 116 valence electrons. The van der Waals surface area contributed by atoms with Gasteiger partial charge in [-0.2, -0.15) is 0 Å².